The van der Waals surface area contributed by atoms with Crippen molar-refractivity contribution in [2.75, 3.05) is 18.1 Å². The molecule has 1 aromatic carbocycles. The summed E-state index contributed by atoms with van der Waals surface area (Å²) in [5.74, 6) is -2.94. The van der Waals surface area contributed by atoms with Gasteiger partial charge in [0.05, 0.1) is 6.42 Å². The second-order valence-electron chi connectivity index (χ2n) is 9.52. The van der Waals surface area contributed by atoms with Gasteiger partial charge < -0.3 is 26.0 Å². The third-order valence-corrected chi connectivity index (χ3v) is 8.44. The molecule has 39 heavy (non-hydrogen) atoms. The molecule has 3 rings (SSSR count). The molecular weight excluding hydrogens is 547 g/mol. The molecule has 2 aliphatic heterocycles. The van der Waals surface area contributed by atoms with Crippen LogP contribution in [0.3, 0.4) is 0 Å². The van der Waals surface area contributed by atoms with Gasteiger partial charge in [0.25, 0.3) is 0 Å². The lowest BCUT2D eigenvalue weighted by molar-refractivity contribution is -0.148. The number of ether oxygens (including phenoxy) is 1. The molecule has 2 aliphatic rings. The topological polar surface area (TPSA) is 143 Å². The number of esters is 1. The first-order valence-electron chi connectivity index (χ1n) is 12.6. The van der Waals surface area contributed by atoms with E-state index in [0.29, 0.717) is 17.7 Å². The van der Waals surface area contributed by atoms with Crippen molar-refractivity contribution >= 4 is 51.2 Å². The second kappa shape index (κ2) is 14.9. The number of benzene rings is 1. The Morgan fingerprint density at radius 1 is 0.974 bits per heavy atom. The van der Waals surface area contributed by atoms with Crippen molar-refractivity contribution < 1.29 is 33.1 Å². The summed E-state index contributed by atoms with van der Waals surface area (Å²) in [4.78, 5) is 65.1. The van der Waals surface area contributed by atoms with Gasteiger partial charge in [-0.2, -0.15) is 0 Å². The smallest absolute Gasteiger partial charge is 0.326 e. The molecule has 0 aromatic heterocycles. The van der Waals surface area contributed by atoms with Crippen LogP contribution in [0.2, 0.25) is 0 Å². The number of amides is 4. The Hall–Kier alpha value is -3.06. The van der Waals surface area contributed by atoms with Crippen LogP contribution >= 0.6 is 21.6 Å². The van der Waals surface area contributed by atoms with E-state index < -0.39 is 66.2 Å². The van der Waals surface area contributed by atoms with Crippen molar-refractivity contribution in [1.29, 1.82) is 0 Å². The Labute approximate surface area is 234 Å². The Kier molecular flexibility index (Phi) is 11.7. The minimum atomic E-state index is -1.12. The van der Waals surface area contributed by atoms with E-state index in [-0.39, 0.29) is 24.5 Å². The van der Waals surface area contributed by atoms with E-state index in [1.807, 2.05) is 0 Å². The van der Waals surface area contributed by atoms with Crippen LogP contribution in [-0.2, 0) is 35.1 Å². The van der Waals surface area contributed by atoms with Crippen molar-refractivity contribution in [3.63, 3.8) is 0 Å². The number of nitrogens with one attached hydrogen (secondary N) is 4. The average molecular weight is 581 g/mol. The van der Waals surface area contributed by atoms with Crippen LogP contribution in [0.4, 0.5) is 4.39 Å². The van der Waals surface area contributed by atoms with E-state index in [9.17, 15) is 28.4 Å². The molecule has 0 saturated carbocycles. The fourth-order valence-electron chi connectivity index (χ4n) is 3.91. The Morgan fingerprint density at radius 2 is 1.72 bits per heavy atom. The third-order valence-electron chi connectivity index (χ3n) is 6.00. The van der Waals surface area contributed by atoms with Crippen molar-refractivity contribution in [3.05, 3.63) is 47.8 Å². The molecule has 10 nitrogen and oxygen atoms in total. The third kappa shape index (κ3) is 9.88. The fraction of sp³-hybridized carbons (Fsp3) is 0.500. The molecule has 1 aromatic rings. The number of fused-ring (bicyclic) bond motifs is 7. The van der Waals surface area contributed by atoms with Gasteiger partial charge in [0.15, 0.2) is 0 Å². The largest absolute Gasteiger partial charge is 0.456 e. The highest BCUT2D eigenvalue weighted by Gasteiger charge is 2.32. The summed E-state index contributed by atoms with van der Waals surface area (Å²) in [7, 11) is 2.89. The molecule has 212 valence electrons. The van der Waals surface area contributed by atoms with Crippen LogP contribution in [0, 0.1) is 11.7 Å². The van der Waals surface area contributed by atoms with Gasteiger partial charge in [0.2, 0.25) is 23.6 Å². The van der Waals surface area contributed by atoms with Crippen molar-refractivity contribution in [3.8, 4) is 0 Å². The van der Waals surface area contributed by atoms with E-state index in [2.05, 4.69) is 21.3 Å². The quantitative estimate of drug-likeness (QED) is 0.238. The van der Waals surface area contributed by atoms with Crippen LogP contribution in [0.1, 0.15) is 32.3 Å². The fourth-order valence-corrected chi connectivity index (χ4v) is 6.07. The number of rotatable bonds is 3. The molecule has 0 radical (unpaired) electrons. The van der Waals surface area contributed by atoms with E-state index in [1.54, 1.807) is 26.0 Å². The summed E-state index contributed by atoms with van der Waals surface area (Å²) in [6.07, 6.45) is 2.96. The zero-order valence-corrected chi connectivity index (χ0v) is 23.4. The van der Waals surface area contributed by atoms with Crippen molar-refractivity contribution in [2.24, 2.45) is 5.92 Å². The normalized spacial score (nSPS) is 26.9. The average Bonchev–Trinajstić information content (AvgIpc) is 2.88. The SMILES string of the molecule is CC(C)C1NC(=O)C[C@H]2/C=C/CCSSC[C@@H](NC1=O)C(=O)N[C@H](Cc1ccc(F)cc1)C(=O)NCC(=O)O2. The number of hydrogen-bond acceptors (Lipinski definition) is 8. The van der Waals surface area contributed by atoms with E-state index in [1.165, 1.54) is 45.9 Å². The summed E-state index contributed by atoms with van der Waals surface area (Å²) < 4.78 is 18.9. The maximum atomic E-state index is 13.4. The number of carbonyl (C=O) groups is 5. The monoisotopic (exact) mass is 580 g/mol. The Morgan fingerprint density at radius 3 is 2.44 bits per heavy atom. The molecule has 0 spiro atoms. The summed E-state index contributed by atoms with van der Waals surface area (Å²) in [5.41, 5.74) is 0.582. The predicted molar refractivity (Wildman–Crippen MR) is 147 cm³/mol. The maximum absolute atomic E-state index is 13.4. The molecule has 13 heteroatoms. The van der Waals surface area contributed by atoms with E-state index in [4.69, 9.17) is 4.74 Å². The minimum absolute atomic E-state index is 0.0193. The molecule has 0 aliphatic carbocycles. The molecular formula is C26H33FN4O6S2. The number of carbonyl (C=O) groups excluding carboxylic acids is 5. The van der Waals surface area contributed by atoms with Crippen LogP contribution in [0.15, 0.2) is 36.4 Å². The first-order valence-corrected chi connectivity index (χ1v) is 15.1. The lowest BCUT2D eigenvalue weighted by atomic mass is 10.0. The zero-order chi connectivity index (χ0) is 28.4. The summed E-state index contributed by atoms with van der Waals surface area (Å²) >= 11 is 0. The minimum Gasteiger partial charge on any atom is -0.456 e. The molecule has 4 N–H and O–H groups in total. The molecule has 1 unspecified atom stereocenters. The van der Waals surface area contributed by atoms with Gasteiger partial charge in [-0.3, -0.25) is 24.0 Å². The van der Waals surface area contributed by atoms with Gasteiger partial charge in [-0.25, -0.2) is 4.39 Å². The molecule has 1 saturated heterocycles. The van der Waals surface area contributed by atoms with Crippen molar-refractivity contribution in [1.82, 2.24) is 21.3 Å². The van der Waals surface area contributed by atoms with E-state index >= 15 is 0 Å². The molecule has 4 amide bonds. The lowest BCUT2D eigenvalue weighted by Gasteiger charge is -2.27. The van der Waals surface area contributed by atoms with Crippen LogP contribution in [-0.4, -0.2) is 71.9 Å². The van der Waals surface area contributed by atoms with Gasteiger partial charge >= 0.3 is 5.97 Å². The highest BCUT2D eigenvalue weighted by atomic mass is 33.1. The summed E-state index contributed by atoms with van der Waals surface area (Å²) in [6.45, 7) is 3.04. The Balaban J connectivity index is 1.96. The Bertz CT molecular complexity index is 1080. The number of hydrogen-bond donors (Lipinski definition) is 4. The van der Waals surface area contributed by atoms with Gasteiger partial charge in [-0.1, -0.05) is 53.6 Å². The van der Waals surface area contributed by atoms with Gasteiger partial charge in [0, 0.05) is 17.9 Å². The zero-order valence-electron chi connectivity index (χ0n) is 21.7. The number of allylic oxidation sites excluding steroid dienone is 1. The second-order valence-corrected chi connectivity index (χ2v) is 12.1. The van der Waals surface area contributed by atoms with Crippen LogP contribution in [0.5, 0.6) is 0 Å². The standard InChI is InChI=1S/C26H33FN4O6S2/c1-15(2)23-26(36)30-20-14-39-38-10-4-3-5-18(12-21(32)31-23)37-22(33)13-28-24(34)19(29-25(20)35)11-16-6-8-17(27)9-7-16/h3,5-9,15,18-20,23H,4,10-14H2,1-2H3,(H,28,34)(H,29,35)(H,30,36)(H,31,32)/b5-3+/t18-,19-,20-,23?/m1/s1. The van der Waals surface area contributed by atoms with Crippen molar-refractivity contribution in [2.45, 2.75) is 57.3 Å². The summed E-state index contributed by atoms with van der Waals surface area (Å²) in [6, 6.07) is 2.41. The molecule has 2 bridgehead atoms. The highest BCUT2D eigenvalue weighted by molar-refractivity contribution is 8.76. The first-order chi connectivity index (χ1) is 18.6. The molecule has 1 fully saturated rings. The predicted octanol–water partition coefficient (Wildman–Crippen LogP) is 1.25. The highest BCUT2D eigenvalue weighted by Crippen LogP contribution is 2.24. The summed E-state index contributed by atoms with van der Waals surface area (Å²) in [5, 5.41) is 10.6. The van der Waals surface area contributed by atoms with Crippen LogP contribution < -0.4 is 21.3 Å². The van der Waals surface area contributed by atoms with E-state index in [0.717, 1.165) is 0 Å². The van der Waals surface area contributed by atoms with Crippen LogP contribution in [0.25, 0.3) is 0 Å². The first kappa shape index (κ1) is 30.5. The maximum Gasteiger partial charge on any atom is 0.326 e. The molecule has 4 atom stereocenters. The van der Waals surface area contributed by atoms with Gasteiger partial charge in [0.1, 0.15) is 36.6 Å². The lowest BCUT2D eigenvalue weighted by Crippen LogP contribution is -2.59. The van der Waals surface area contributed by atoms with Gasteiger partial charge in [-0.05, 0) is 36.1 Å². The molecule has 2 heterocycles. The van der Waals surface area contributed by atoms with Gasteiger partial charge in [-0.15, -0.1) is 0 Å². The number of halogens is 1.